The van der Waals surface area contributed by atoms with Crippen molar-refractivity contribution in [2.75, 3.05) is 45.8 Å². The molecule has 1 aliphatic rings. The predicted molar refractivity (Wildman–Crippen MR) is 98.8 cm³/mol. The highest BCUT2D eigenvalue weighted by molar-refractivity contribution is 5.84. The molecular weight excluding hydrogens is 320 g/mol. The molecule has 1 atom stereocenters. The van der Waals surface area contributed by atoms with Crippen LogP contribution in [0.5, 0.6) is 0 Å². The van der Waals surface area contributed by atoms with Gasteiger partial charge in [0.15, 0.2) is 5.96 Å². The lowest BCUT2D eigenvalue weighted by Gasteiger charge is -2.24. The SMILES string of the molecule is CCNC(=NCc1ccc(NC(=O)OC)cc1)N(C)CC1CCOC1. The Kier molecular flexibility index (Phi) is 7.53. The van der Waals surface area contributed by atoms with Crippen LogP contribution in [0.15, 0.2) is 29.3 Å². The van der Waals surface area contributed by atoms with Crippen LogP contribution in [-0.2, 0) is 16.0 Å². The highest BCUT2D eigenvalue weighted by Gasteiger charge is 2.19. The van der Waals surface area contributed by atoms with Crippen molar-refractivity contribution in [1.82, 2.24) is 10.2 Å². The summed E-state index contributed by atoms with van der Waals surface area (Å²) < 4.78 is 10.0. The van der Waals surface area contributed by atoms with Crippen LogP contribution in [0, 0.1) is 5.92 Å². The minimum absolute atomic E-state index is 0.474. The molecule has 1 unspecified atom stereocenters. The van der Waals surface area contributed by atoms with Gasteiger partial charge in [-0.3, -0.25) is 5.32 Å². The Bertz CT molecular complexity index is 568. The summed E-state index contributed by atoms with van der Waals surface area (Å²) in [6.07, 6.45) is 0.635. The van der Waals surface area contributed by atoms with Crippen molar-refractivity contribution in [2.45, 2.75) is 19.9 Å². The van der Waals surface area contributed by atoms with E-state index in [-0.39, 0.29) is 0 Å². The fraction of sp³-hybridized carbons (Fsp3) is 0.556. The maximum Gasteiger partial charge on any atom is 0.411 e. The van der Waals surface area contributed by atoms with Crippen molar-refractivity contribution in [3.8, 4) is 0 Å². The maximum absolute atomic E-state index is 11.2. The first kappa shape index (κ1) is 19.1. The van der Waals surface area contributed by atoms with Crippen molar-refractivity contribution >= 4 is 17.7 Å². The number of amides is 1. The molecule has 0 saturated carbocycles. The van der Waals surface area contributed by atoms with Gasteiger partial charge in [-0.25, -0.2) is 9.79 Å². The molecular formula is C18H28N4O3. The predicted octanol–water partition coefficient (Wildman–Crippen LogP) is 2.30. The van der Waals surface area contributed by atoms with Crippen molar-refractivity contribution in [3.05, 3.63) is 29.8 Å². The highest BCUT2D eigenvalue weighted by atomic mass is 16.5. The fourth-order valence-electron chi connectivity index (χ4n) is 2.70. The number of hydrogen-bond donors (Lipinski definition) is 2. The van der Waals surface area contributed by atoms with Crippen molar-refractivity contribution in [3.63, 3.8) is 0 Å². The molecule has 1 aliphatic heterocycles. The van der Waals surface area contributed by atoms with Crippen molar-refractivity contribution in [1.29, 1.82) is 0 Å². The summed E-state index contributed by atoms with van der Waals surface area (Å²) in [5, 5.41) is 5.97. The van der Waals surface area contributed by atoms with Gasteiger partial charge in [-0.2, -0.15) is 0 Å². The largest absolute Gasteiger partial charge is 0.453 e. The first-order valence-electron chi connectivity index (χ1n) is 8.63. The molecule has 1 heterocycles. The van der Waals surface area contributed by atoms with Crippen molar-refractivity contribution in [2.24, 2.45) is 10.9 Å². The summed E-state index contributed by atoms with van der Waals surface area (Å²) in [6.45, 7) is 6.10. The summed E-state index contributed by atoms with van der Waals surface area (Å²) in [7, 11) is 3.40. The van der Waals surface area contributed by atoms with Crippen LogP contribution >= 0.6 is 0 Å². The molecule has 1 amide bonds. The normalized spacial score (nSPS) is 17.2. The standard InChI is InChI=1S/C18H28N4O3/c1-4-19-17(22(2)12-15-9-10-25-13-15)20-11-14-5-7-16(8-6-14)21-18(23)24-3/h5-8,15H,4,9-13H2,1-3H3,(H,19,20)(H,21,23). The number of nitrogens with one attached hydrogen (secondary N) is 2. The molecule has 0 aromatic heterocycles. The molecule has 0 spiro atoms. The molecule has 25 heavy (non-hydrogen) atoms. The zero-order valence-electron chi connectivity index (χ0n) is 15.2. The Morgan fingerprint density at radius 2 is 2.16 bits per heavy atom. The van der Waals surface area contributed by atoms with Gasteiger partial charge < -0.3 is 19.7 Å². The Morgan fingerprint density at radius 3 is 2.76 bits per heavy atom. The summed E-state index contributed by atoms with van der Waals surface area (Å²) in [5.74, 6) is 1.46. The van der Waals surface area contributed by atoms with Crippen LogP contribution in [0.25, 0.3) is 0 Å². The number of benzene rings is 1. The number of carbonyl (C=O) groups excluding carboxylic acids is 1. The lowest BCUT2D eigenvalue weighted by molar-refractivity contribution is 0.181. The number of ether oxygens (including phenoxy) is 2. The summed E-state index contributed by atoms with van der Waals surface area (Å²) >= 11 is 0. The molecule has 2 rings (SSSR count). The molecule has 1 aromatic carbocycles. The van der Waals surface area contributed by atoms with Gasteiger partial charge in [0, 0.05) is 38.3 Å². The number of rotatable bonds is 6. The van der Waals surface area contributed by atoms with Crippen LogP contribution in [0.3, 0.4) is 0 Å². The number of guanidine groups is 1. The average molecular weight is 348 g/mol. The number of carbonyl (C=O) groups is 1. The number of aliphatic imine (C=N–C) groups is 1. The Labute approximate surface area is 149 Å². The topological polar surface area (TPSA) is 75.2 Å². The second-order valence-electron chi connectivity index (χ2n) is 6.09. The third-order valence-corrected chi connectivity index (χ3v) is 4.05. The van der Waals surface area contributed by atoms with Gasteiger partial charge in [-0.05, 0) is 31.0 Å². The summed E-state index contributed by atoms with van der Waals surface area (Å²) in [5.41, 5.74) is 1.77. The molecule has 1 fully saturated rings. The Morgan fingerprint density at radius 1 is 1.40 bits per heavy atom. The molecule has 7 heteroatoms. The molecule has 2 N–H and O–H groups in total. The lowest BCUT2D eigenvalue weighted by atomic mass is 10.1. The van der Waals surface area contributed by atoms with E-state index in [0.717, 1.165) is 44.2 Å². The lowest BCUT2D eigenvalue weighted by Crippen LogP contribution is -2.41. The zero-order chi connectivity index (χ0) is 18.1. The molecule has 0 bridgehead atoms. The highest BCUT2D eigenvalue weighted by Crippen LogP contribution is 2.14. The second kappa shape index (κ2) is 9.88. The first-order chi connectivity index (χ1) is 12.1. The van der Waals surface area contributed by atoms with Crippen molar-refractivity contribution < 1.29 is 14.3 Å². The third kappa shape index (κ3) is 6.26. The van der Waals surface area contributed by atoms with E-state index in [1.807, 2.05) is 24.3 Å². The van der Waals surface area contributed by atoms with E-state index in [4.69, 9.17) is 9.73 Å². The van der Waals surface area contributed by atoms with E-state index in [0.29, 0.717) is 18.2 Å². The van der Waals surface area contributed by atoms with Gasteiger partial charge >= 0.3 is 6.09 Å². The maximum atomic E-state index is 11.2. The van der Waals surface area contributed by atoms with Crippen LogP contribution in [0.4, 0.5) is 10.5 Å². The van der Waals surface area contributed by atoms with Crippen LogP contribution in [0.2, 0.25) is 0 Å². The van der Waals surface area contributed by atoms with Crippen LogP contribution < -0.4 is 10.6 Å². The van der Waals surface area contributed by atoms with Gasteiger partial charge in [-0.15, -0.1) is 0 Å². The van der Waals surface area contributed by atoms with Crippen LogP contribution in [0.1, 0.15) is 18.9 Å². The molecule has 7 nitrogen and oxygen atoms in total. The second-order valence-corrected chi connectivity index (χ2v) is 6.09. The molecule has 0 aliphatic carbocycles. The molecule has 138 valence electrons. The minimum atomic E-state index is -0.474. The van der Waals surface area contributed by atoms with Gasteiger partial charge in [0.25, 0.3) is 0 Å². The summed E-state index contributed by atoms with van der Waals surface area (Å²) in [4.78, 5) is 18.1. The van der Waals surface area contributed by atoms with E-state index < -0.39 is 6.09 Å². The molecule has 0 radical (unpaired) electrons. The van der Waals surface area contributed by atoms with Gasteiger partial charge in [-0.1, -0.05) is 12.1 Å². The zero-order valence-corrected chi connectivity index (χ0v) is 15.2. The van der Waals surface area contributed by atoms with E-state index in [2.05, 4.69) is 34.2 Å². The first-order valence-corrected chi connectivity index (χ1v) is 8.63. The number of methoxy groups -OCH3 is 1. The molecule has 1 aromatic rings. The van der Waals surface area contributed by atoms with Gasteiger partial charge in [0.2, 0.25) is 0 Å². The van der Waals surface area contributed by atoms with Gasteiger partial charge in [0.1, 0.15) is 0 Å². The van der Waals surface area contributed by atoms with E-state index in [1.165, 1.54) is 7.11 Å². The number of hydrogen-bond acceptors (Lipinski definition) is 4. The van der Waals surface area contributed by atoms with E-state index >= 15 is 0 Å². The third-order valence-electron chi connectivity index (χ3n) is 4.05. The quantitative estimate of drug-likeness (QED) is 0.609. The monoisotopic (exact) mass is 348 g/mol. The Balaban J connectivity index is 1.93. The number of anilines is 1. The fourth-order valence-corrected chi connectivity index (χ4v) is 2.70. The van der Waals surface area contributed by atoms with Gasteiger partial charge in [0.05, 0.1) is 20.3 Å². The number of nitrogens with zero attached hydrogens (tertiary/aromatic N) is 2. The minimum Gasteiger partial charge on any atom is -0.453 e. The summed E-state index contributed by atoms with van der Waals surface area (Å²) in [6, 6.07) is 7.58. The Hall–Kier alpha value is -2.28. The molecule has 1 saturated heterocycles. The average Bonchev–Trinajstić information content (AvgIpc) is 3.12. The van der Waals surface area contributed by atoms with E-state index in [1.54, 1.807) is 0 Å². The smallest absolute Gasteiger partial charge is 0.411 e. The van der Waals surface area contributed by atoms with Crippen LogP contribution in [-0.4, -0.2) is 57.4 Å². The van der Waals surface area contributed by atoms with E-state index in [9.17, 15) is 4.79 Å².